The molecule has 1 aromatic carbocycles. The number of benzene rings is 1. The van der Waals surface area contributed by atoms with Crippen LogP contribution in [0, 0.1) is 0 Å². The molecule has 2 aromatic rings. The van der Waals surface area contributed by atoms with Gasteiger partial charge in [-0.3, -0.25) is 14.6 Å². The lowest BCUT2D eigenvalue weighted by molar-refractivity contribution is -0.131. The van der Waals surface area contributed by atoms with Gasteiger partial charge in [-0.25, -0.2) is 9.37 Å². The van der Waals surface area contributed by atoms with Crippen LogP contribution in [0.4, 0.5) is 4.39 Å². The highest BCUT2D eigenvalue weighted by atomic mass is 19.1. The van der Waals surface area contributed by atoms with Crippen LogP contribution in [0.15, 0.2) is 30.5 Å². The highest BCUT2D eigenvalue weighted by molar-refractivity contribution is 5.93. The Morgan fingerprint density at radius 3 is 2.81 bits per heavy atom. The number of hydrogen-bond acceptors (Lipinski definition) is 5. The van der Waals surface area contributed by atoms with Gasteiger partial charge >= 0.3 is 0 Å². The second-order valence-corrected chi connectivity index (χ2v) is 6.77. The van der Waals surface area contributed by atoms with Gasteiger partial charge in [-0.15, -0.1) is 0 Å². The molecule has 0 saturated carbocycles. The van der Waals surface area contributed by atoms with Crippen molar-refractivity contribution in [2.75, 3.05) is 19.6 Å². The van der Waals surface area contributed by atoms with Crippen molar-refractivity contribution in [3.63, 3.8) is 0 Å². The Morgan fingerprint density at radius 1 is 1.30 bits per heavy atom. The first-order valence-electron chi connectivity index (χ1n) is 9.23. The largest absolute Gasteiger partial charge is 0.351 e. The molecule has 3 N–H and O–H groups in total. The predicted molar refractivity (Wildman–Crippen MR) is 99.8 cm³/mol. The number of nitrogens with zero attached hydrogens (tertiary/aromatic N) is 3. The fourth-order valence-corrected chi connectivity index (χ4v) is 3.12. The molecular weight excluding hydrogens is 349 g/mol. The van der Waals surface area contributed by atoms with Crippen LogP contribution in [0.2, 0.25) is 0 Å². The number of hydrogen-bond donors (Lipinski definition) is 2. The third kappa shape index (κ3) is 4.97. The number of carbonyl (C=O) groups is 2. The number of unbranched alkanes of at least 4 members (excludes halogenated alkanes) is 1. The lowest BCUT2D eigenvalue weighted by Crippen LogP contribution is -2.42. The van der Waals surface area contributed by atoms with Crippen molar-refractivity contribution in [2.24, 2.45) is 5.73 Å². The Bertz CT molecular complexity index is 816. The van der Waals surface area contributed by atoms with Gasteiger partial charge in [0.2, 0.25) is 5.91 Å². The van der Waals surface area contributed by atoms with E-state index in [-0.39, 0.29) is 24.1 Å². The molecule has 0 radical (unpaired) electrons. The van der Waals surface area contributed by atoms with Crippen molar-refractivity contribution in [1.82, 2.24) is 20.2 Å². The number of fused-ring (bicyclic) bond motifs is 1. The maximum absolute atomic E-state index is 13.2. The Balaban J connectivity index is 1.38. The third-order valence-electron chi connectivity index (χ3n) is 4.67. The van der Waals surface area contributed by atoms with Gasteiger partial charge in [-0.05, 0) is 37.8 Å². The SMILES string of the molecule is N[C@@H](CCCCNC(=O)c1cnc2ccccc2n1)C(=O)N1CC[C@H](F)C1. The molecular formula is C19H24FN5O2. The molecule has 2 amide bonds. The number of rotatable bonds is 7. The van der Waals surface area contributed by atoms with E-state index in [9.17, 15) is 14.0 Å². The highest BCUT2D eigenvalue weighted by Crippen LogP contribution is 2.14. The quantitative estimate of drug-likeness (QED) is 0.715. The zero-order valence-electron chi connectivity index (χ0n) is 15.1. The number of para-hydroxylation sites is 2. The molecule has 1 saturated heterocycles. The van der Waals surface area contributed by atoms with Gasteiger partial charge in [-0.2, -0.15) is 0 Å². The Kier molecular flexibility index (Phi) is 6.28. The molecule has 144 valence electrons. The van der Waals surface area contributed by atoms with E-state index in [1.54, 1.807) is 0 Å². The average molecular weight is 373 g/mol. The summed E-state index contributed by atoms with van der Waals surface area (Å²) in [5.74, 6) is -0.467. The molecule has 0 unspecified atom stereocenters. The van der Waals surface area contributed by atoms with E-state index in [1.807, 2.05) is 24.3 Å². The zero-order chi connectivity index (χ0) is 19.2. The molecule has 1 aromatic heterocycles. The molecule has 1 aliphatic rings. The molecule has 0 aliphatic carbocycles. The number of alkyl halides is 1. The van der Waals surface area contributed by atoms with E-state index in [0.29, 0.717) is 44.3 Å². The Labute approximate surface area is 157 Å². The van der Waals surface area contributed by atoms with Crippen molar-refractivity contribution in [2.45, 2.75) is 37.9 Å². The number of nitrogens with two attached hydrogens (primary N) is 1. The molecule has 1 aliphatic heterocycles. The summed E-state index contributed by atoms with van der Waals surface area (Å²) in [5.41, 5.74) is 7.60. The number of carbonyl (C=O) groups excluding carboxylic acids is 2. The van der Waals surface area contributed by atoms with E-state index in [4.69, 9.17) is 5.73 Å². The molecule has 1 fully saturated rings. The van der Waals surface area contributed by atoms with Gasteiger partial charge in [0.15, 0.2) is 0 Å². The first kappa shape index (κ1) is 19.2. The predicted octanol–water partition coefficient (Wildman–Crippen LogP) is 1.43. The van der Waals surface area contributed by atoms with Crippen molar-refractivity contribution in [3.05, 3.63) is 36.2 Å². The Hall–Kier alpha value is -2.61. The van der Waals surface area contributed by atoms with Crippen LogP contribution in [0.3, 0.4) is 0 Å². The summed E-state index contributed by atoms with van der Waals surface area (Å²) in [6.07, 6.45) is 2.82. The molecule has 3 rings (SSSR count). The van der Waals surface area contributed by atoms with Crippen LogP contribution in [0.5, 0.6) is 0 Å². The minimum atomic E-state index is -0.936. The average Bonchev–Trinajstić information content (AvgIpc) is 3.12. The summed E-state index contributed by atoms with van der Waals surface area (Å²) >= 11 is 0. The van der Waals surface area contributed by atoms with Crippen LogP contribution >= 0.6 is 0 Å². The molecule has 0 spiro atoms. The van der Waals surface area contributed by atoms with Gasteiger partial charge in [0.05, 0.1) is 29.8 Å². The van der Waals surface area contributed by atoms with E-state index in [2.05, 4.69) is 15.3 Å². The van der Waals surface area contributed by atoms with Crippen LogP contribution < -0.4 is 11.1 Å². The Morgan fingerprint density at radius 2 is 2.07 bits per heavy atom. The van der Waals surface area contributed by atoms with Crippen LogP contribution in [0.25, 0.3) is 11.0 Å². The minimum absolute atomic E-state index is 0.148. The fourth-order valence-electron chi connectivity index (χ4n) is 3.12. The smallest absolute Gasteiger partial charge is 0.271 e. The summed E-state index contributed by atoms with van der Waals surface area (Å²) in [6.45, 7) is 1.05. The number of aromatic nitrogens is 2. The standard InChI is InChI=1S/C19H24FN5O2/c20-13-8-10-25(12-13)19(27)14(21)5-3-4-9-22-18(26)17-11-23-15-6-1-2-7-16(15)24-17/h1-2,6-7,11,13-14H,3-5,8-10,12,21H2,(H,22,26)/t13-,14-/m0/s1. The van der Waals surface area contributed by atoms with E-state index in [1.165, 1.54) is 11.1 Å². The first-order chi connectivity index (χ1) is 13.0. The van der Waals surface area contributed by atoms with E-state index < -0.39 is 12.2 Å². The van der Waals surface area contributed by atoms with Crippen molar-refractivity contribution in [3.8, 4) is 0 Å². The number of amides is 2. The third-order valence-corrected chi connectivity index (χ3v) is 4.67. The van der Waals surface area contributed by atoms with Gasteiger partial charge in [0.25, 0.3) is 5.91 Å². The summed E-state index contributed by atoms with van der Waals surface area (Å²) in [6, 6.07) is 6.75. The summed E-state index contributed by atoms with van der Waals surface area (Å²) in [7, 11) is 0. The maximum atomic E-state index is 13.2. The summed E-state index contributed by atoms with van der Waals surface area (Å²) in [4.78, 5) is 34.3. The zero-order valence-corrected chi connectivity index (χ0v) is 15.1. The molecule has 0 bridgehead atoms. The van der Waals surface area contributed by atoms with Crippen LogP contribution in [-0.4, -0.2) is 58.5 Å². The lowest BCUT2D eigenvalue weighted by Gasteiger charge is -2.20. The number of nitrogens with one attached hydrogen (secondary N) is 1. The van der Waals surface area contributed by atoms with Crippen molar-refractivity contribution < 1.29 is 14.0 Å². The molecule has 8 heteroatoms. The second kappa shape index (κ2) is 8.85. The van der Waals surface area contributed by atoms with Gasteiger partial charge in [0, 0.05) is 13.1 Å². The number of likely N-dealkylation sites (tertiary alicyclic amines) is 1. The molecule has 2 heterocycles. The molecule has 7 nitrogen and oxygen atoms in total. The monoisotopic (exact) mass is 373 g/mol. The van der Waals surface area contributed by atoms with E-state index in [0.717, 1.165) is 5.52 Å². The molecule has 27 heavy (non-hydrogen) atoms. The maximum Gasteiger partial charge on any atom is 0.271 e. The normalized spacial score (nSPS) is 17.9. The van der Waals surface area contributed by atoms with Crippen LogP contribution in [-0.2, 0) is 4.79 Å². The van der Waals surface area contributed by atoms with Gasteiger partial charge < -0.3 is 16.0 Å². The highest BCUT2D eigenvalue weighted by Gasteiger charge is 2.28. The van der Waals surface area contributed by atoms with Crippen LogP contribution in [0.1, 0.15) is 36.2 Å². The first-order valence-corrected chi connectivity index (χ1v) is 9.23. The summed E-state index contributed by atoms with van der Waals surface area (Å²) in [5, 5.41) is 2.80. The molecule has 2 atom stereocenters. The van der Waals surface area contributed by atoms with Gasteiger partial charge in [-0.1, -0.05) is 12.1 Å². The topological polar surface area (TPSA) is 101 Å². The van der Waals surface area contributed by atoms with E-state index >= 15 is 0 Å². The van der Waals surface area contributed by atoms with Gasteiger partial charge in [0.1, 0.15) is 11.9 Å². The summed E-state index contributed by atoms with van der Waals surface area (Å²) < 4.78 is 13.2. The fraction of sp³-hybridized carbons (Fsp3) is 0.474. The second-order valence-electron chi connectivity index (χ2n) is 6.77. The van der Waals surface area contributed by atoms with Crippen molar-refractivity contribution >= 4 is 22.8 Å². The minimum Gasteiger partial charge on any atom is -0.351 e. The number of halogens is 1. The lowest BCUT2D eigenvalue weighted by atomic mass is 10.1. The van der Waals surface area contributed by atoms with Crippen molar-refractivity contribution in [1.29, 1.82) is 0 Å².